The highest BCUT2D eigenvalue weighted by Gasteiger charge is 2.21. The molecule has 4 rings (SSSR count). The van der Waals surface area contributed by atoms with Gasteiger partial charge in [0, 0.05) is 18.2 Å². The van der Waals surface area contributed by atoms with E-state index in [1.54, 1.807) is 20.3 Å². The predicted octanol–water partition coefficient (Wildman–Crippen LogP) is 3.16. The van der Waals surface area contributed by atoms with Crippen molar-refractivity contribution < 1.29 is 28.3 Å². The van der Waals surface area contributed by atoms with Crippen LogP contribution in [0.1, 0.15) is 22.1 Å². The first-order chi connectivity index (χ1) is 16.0. The number of methoxy groups -OCH3 is 2. The highest BCUT2D eigenvalue weighted by molar-refractivity contribution is 5.93. The van der Waals surface area contributed by atoms with Gasteiger partial charge in [0.25, 0.3) is 5.91 Å². The number of hydrogen-bond donors (Lipinski definition) is 1. The van der Waals surface area contributed by atoms with Gasteiger partial charge in [0.05, 0.1) is 20.3 Å². The van der Waals surface area contributed by atoms with Crippen molar-refractivity contribution in [1.29, 1.82) is 0 Å². The molecule has 0 bridgehead atoms. The molecular formula is C24H27N3O6. The van der Waals surface area contributed by atoms with Crippen molar-refractivity contribution in [2.45, 2.75) is 6.04 Å². The molecule has 2 aromatic carbocycles. The number of nitrogens with zero attached hydrogens (tertiary/aromatic N) is 2. The maximum absolute atomic E-state index is 12.8. The Kier molecular flexibility index (Phi) is 6.69. The molecule has 0 fully saturated rings. The lowest BCUT2D eigenvalue weighted by atomic mass is 10.0. The van der Waals surface area contributed by atoms with Crippen molar-refractivity contribution in [1.82, 2.24) is 15.4 Å². The SMILES string of the molecule is COc1ccc(C(CNC(=O)c2cc(-c3ccc4c(c3)OCCO4)on2)N(C)C)cc1OC. The average Bonchev–Trinajstić information content (AvgIpc) is 3.34. The summed E-state index contributed by atoms with van der Waals surface area (Å²) in [6, 6.07) is 12.7. The zero-order chi connectivity index (χ0) is 23.4. The molecule has 1 N–H and O–H groups in total. The van der Waals surface area contributed by atoms with Crippen LogP contribution >= 0.6 is 0 Å². The molecule has 0 saturated carbocycles. The maximum Gasteiger partial charge on any atom is 0.273 e. The molecule has 0 aliphatic carbocycles. The molecule has 9 heteroatoms. The Hall–Kier alpha value is -3.72. The number of nitrogens with one attached hydrogen (secondary N) is 1. The summed E-state index contributed by atoms with van der Waals surface area (Å²) in [7, 11) is 7.09. The zero-order valence-electron chi connectivity index (χ0n) is 19.1. The Bertz CT molecular complexity index is 1130. The van der Waals surface area contributed by atoms with Crippen LogP contribution in [0, 0.1) is 0 Å². The maximum atomic E-state index is 12.8. The Morgan fingerprint density at radius 1 is 1.03 bits per heavy atom. The smallest absolute Gasteiger partial charge is 0.273 e. The molecule has 1 atom stereocenters. The molecule has 0 saturated heterocycles. The molecule has 33 heavy (non-hydrogen) atoms. The number of rotatable bonds is 8. The number of hydrogen-bond acceptors (Lipinski definition) is 8. The summed E-state index contributed by atoms with van der Waals surface area (Å²) in [6.45, 7) is 1.39. The van der Waals surface area contributed by atoms with Crippen LogP contribution in [-0.4, -0.2) is 64.0 Å². The van der Waals surface area contributed by atoms with Crippen molar-refractivity contribution >= 4 is 5.91 Å². The van der Waals surface area contributed by atoms with Gasteiger partial charge in [0.2, 0.25) is 0 Å². The number of carbonyl (C=O) groups excluding carboxylic acids is 1. The van der Waals surface area contributed by atoms with Crippen LogP contribution in [0.25, 0.3) is 11.3 Å². The number of likely N-dealkylation sites (N-methyl/N-ethyl adjacent to an activating group) is 1. The topological polar surface area (TPSA) is 95.3 Å². The van der Waals surface area contributed by atoms with Crippen molar-refractivity contribution in [3.63, 3.8) is 0 Å². The summed E-state index contributed by atoms with van der Waals surface area (Å²) in [5.74, 6) is 2.76. The quantitative estimate of drug-likeness (QED) is 0.556. The normalized spacial score (nSPS) is 13.5. The van der Waals surface area contributed by atoms with E-state index in [4.69, 9.17) is 23.5 Å². The zero-order valence-corrected chi connectivity index (χ0v) is 19.1. The first-order valence-corrected chi connectivity index (χ1v) is 10.5. The second-order valence-electron chi connectivity index (χ2n) is 7.74. The Labute approximate surface area is 192 Å². The van der Waals surface area contributed by atoms with Crippen molar-refractivity contribution in [3.8, 4) is 34.3 Å². The van der Waals surface area contributed by atoms with Crippen molar-refractivity contribution in [2.24, 2.45) is 0 Å². The van der Waals surface area contributed by atoms with Gasteiger partial charge in [-0.1, -0.05) is 11.2 Å². The number of benzene rings is 2. The van der Waals surface area contributed by atoms with Crippen LogP contribution in [0.5, 0.6) is 23.0 Å². The monoisotopic (exact) mass is 453 g/mol. The lowest BCUT2D eigenvalue weighted by Crippen LogP contribution is -2.34. The fraction of sp³-hybridized carbons (Fsp3) is 0.333. The van der Waals surface area contributed by atoms with Gasteiger partial charge >= 0.3 is 0 Å². The fourth-order valence-electron chi connectivity index (χ4n) is 3.65. The fourth-order valence-corrected chi connectivity index (χ4v) is 3.65. The van der Waals surface area contributed by atoms with Crippen molar-refractivity contribution in [2.75, 3.05) is 48.1 Å². The summed E-state index contributed by atoms with van der Waals surface area (Å²) in [5.41, 5.74) is 1.93. The molecule has 2 heterocycles. The third-order valence-electron chi connectivity index (χ3n) is 5.44. The van der Waals surface area contributed by atoms with Crippen LogP contribution in [0.3, 0.4) is 0 Å². The number of amides is 1. The average molecular weight is 453 g/mol. The van der Waals surface area contributed by atoms with Crippen LogP contribution in [0.2, 0.25) is 0 Å². The van der Waals surface area contributed by atoms with Crippen LogP contribution in [0.4, 0.5) is 0 Å². The van der Waals surface area contributed by atoms with E-state index in [1.807, 2.05) is 55.4 Å². The molecule has 1 aromatic heterocycles. The van der Waals surface area contributed by atoms with E-state index in [2.05, 4.69) is 10.5 Å². The number of aromatic nitrogens is 1. The van der Waals surface area contributed by atoms with E-state index in [-0.39, 0.29) is 17.6 Å². The molecule has 3 aromatic rings. The highest BCUT2D eigenvalue weighted by atomic mass is 16.6. The van der Waals surface area contributed by atoms with Crippen LogP contribution in [-0.2, 0) is 0 Å². The molecule has 174 valence electrons. The van der Waals surface area contributed by atoms with Gasteiger partial charge in [-0.15, -0.1) is 0 Å². The van der Waals surface area contributed by atoms with E-state index in [1.165, 1.54) is 0 Å². The van der Waals surface area contributed by atoms with Gasteiger partial charge in [-0.05, 0) is 50.0 Å². The van der Waals surface area contributed by atoms with E-state index >= 15 is 0 Å². The van der Waals surface area contributed by atoms with Gasteiger partial charge in [0.15, 0.2) is 34.5 Å². The second-order valence-corrected chi connectivity index (χ2v) is 7.74. The summed E-state index contributed by atoms with van der Waals surface area (Å²) >= 11 is 0. The molecule has 1 aliphatic rings. The number of carbonyl (C=O) groups is 1. The summed E-state index contributed by atoms with van der Waals surface area (Å²) in [5, 5.41) is 6.88. The van der Waals surface area contributed by atoms with E-state index in [0.717, 1.165) is 11.1 Å². The third-order valence-corrected chi connectivity index (χ3v) is 5.44. The van der Waals surface area contributed by atoms with Gasteiger partial charge < -0.3 is 33.7 Å². The van der Waals surface area contributed by atoms with Gasteiger partial charge in [-0.25, -0.2) is 0 Å². The molecule has 0 spiro atoms. The second kappa shape index (κ2) is 9.83. The first kappa shape index (κ1) is 22.5. The molecule has 1 amide bonds. The predicted molar refractivity (Wildman–Crippen MR) is 121 cm³/mol. The van der Waals surface area contributed by atoms with Gasteiger partial charge in [-0.3, -0.25) is 4.79 Å². The largest absolute Gasteiger partial charge is 0.493 e. The lowest BCUT2D eigenvalue weighted by Gasteiger charge is -2.25. The molecule has 0 radical (unpaired) electrons. The highest BCUT2D eigenvalue weighted by Crippen LogP contribution is 2.35. The van der Waals surface area contributed by atoms with E-state index in [9.17, 15) is 4.79 Å². The Morgan fingerprint density at radius 2 is 1.79 bits per heavy atom. The van der Waals surface area contributed by atoms with Crippen LogP contribution in [0.15, 0.2) is 47.0 Å². The Balaban J connectivity index is 1.45. The standard InChI is InChI=1S/C24H27N3O6/c1-27(2)18(15-5-7-19(29-3)22(11-15)30-4)14-25-24(28)17-13-21(33-26-17)16-6-8-20-23(12-16)32-10-9-31-20/h5-8,11-13,18H,9-10,14H2,1-4H3,(H,25,28). The van der Waals surface area contributed by atoms with E-state index in [0.29, 0.717) is 48.5 Å². The number of ether oxygens (including phenoxy) is 4. The minimum Gasteiger partial charge on any atom is -0.493 e. The number of fused-ring (bicyclic) bond motifs is 1. The lowest BCUT2D eigenvalue weighted by molar-refractivity contribution is 0.0933. The molecule has 9 nitrogen and oxygen atoms in total. The summed E-state index contributed by atoms with van der Waals surface area (Å²) in [4.78, 5) is 14.8. The third kappa shape index (κ3) is 4.88. The summed E-state index contributed by atoms with van der Waals surface area (Å²) < 4.78 is 27.3. The molecule has 1 unspecified atom stereocenters. The van der Waals surface area contributed by atoms with Gasteiger partial charge in [-0.2, -0.15) is 0 Å². The summed E-state index contributed by atoms with van der Waals surface area (Å²) in [6.07, 6.45) is 0. The minimum atomic E-state index is -0.324. The molecule has 1 aliphatic heterocycles. The van der Waals surface area contributed by atoms with Crippen molar-refractivity contribution in [3.05, 3.63) is 53.7 Å². The Morgan fingerprint density at radius 3 is 2.52 bits per heavy atom. The minimum absolute atomic E-state index is 0.0853. The van der Waals surface area contributed by atoms with E-state index < -0.39 is 0 Å². The first-order valence-electron chi connectivity index (χ1n) is 10.5. The van der Waals surface area contributed by atoms with Crippen LogP contribution < -0.4 is 24.3 Å². The van der Waals surface area contributed by atoms with Gasteiger partial charge in [0.1, 0.15) is 13.2 Å². The molecular weight excluding hydrogens is 426 g/mol.